The van der Waals surface area contributed by atoms with Crippen molar-refractivity contribution < 1.29 is 25.2 Å². The van der Waals surface area contributed by atoms with Gasteiger partial charge in [0.1, 0.15) is 12.2 Å². The van der Waals surface area contributed by atoms with Crippen molar-refractivity contribution in [2.75, 3.05) is 6.61 Å². The number of rotatable bonds is 45. The minimum atomic E-state index is -1.26. The first-order chi connectivity index (χ1) is 27.5. The number of nitrogens with one attached hydrogen (secondary N) is 1. The Morgan fingerprint density at radius 1 is 0.446 bits per heavy atom. The Bertz CT molecular complexity index is 847. The predicted octanol–water partition coefficient (Wildman–Crippen LogP) is 13.5. The molecule has 0 aromatic heterocycles. The lowest BCUT2D eigenvalue weighted by Crippen LogP contribution is -2.53. The van der Waals surface area contributed by atoms with E-state index in [2.05, 4.69) is 43.5 Å². The van der Waals surface area contributed by atoms with E-state index < -0.39 is 36.9 Å². The van der Waals surface area contributed by atoms with E-state index in [1.807, 2.05) is 0 Å². The summed E-state index contributed by atoms with van der Waals surface area (Å²) >= 11 is 0. The molecule has 56 heavy (non-hydrogen) atoms. The maximum Gasteiger partial charge on any atom is 0.249 e. The summed E-state index contributed by atoms with van der Waals surface area (Å²) in [5, 5.41) is 43.8. The Hall–Kier alpha value is -1.21. The van der Waals surface area contributed by atoms with Gasteiger partial charge in [-0.3, -0.25) is 4.79 Å². The highest BCUT2D eigenvalue weighted by molar-refractivity contribution is 5.80. The van der Waals surface area contributed by atoms with Crippen LogP contribution in [0, 0.1) is 0 Å². The molecule has 5 N–H and O–H groups in total. The van der Waals surface area contributed by atoms with Crippen LogP contribution in [0.25, 0.3) is 0 Å². The minimum Gasteiger partial charge on any atom is -0.394 e. The molecule has 1 amide bonds. The molecule has 0 aliphatic heterocycles. The Kier molecular flexibility index (Phi) is 43.9. The lowest BCUT2D eigenvalue weighted by Gasteiger charge is -2.27. The van der Waals surface area contributed by atoms with Gasteiger partial charge < -0.3 is 25.7 Å². The summed E-state index contributed by atoms with van der Waals surface area (Å²) in [5.41, 5.74) is 0. The molecule has 0 aliphatic rings. The van der Waals surface area contributed by atoms with Gasteiger partial charge in [0.05, 0.1) is 18.8 Å². The molecule has 0 radical (unpaired) electrons. The van der Waals surface area contributed by atoms with Crippen molar-refractivity contribution in [1.29, 1.82) is 0 Å². The van der Waals surface area contributed by atoms with E-state index in [1.54, 1.807) is 0 Å². The van der Waals surface area contributed by atoms with Gasteiger partial charge in [0.15, 0.2) is 0 Å². The number of allylic oxidation sites excluding steroid dienone is 4. The normalized spacial score (nSPS) is 14.2. The van der Waals surface area contributed by atoms with Crippen LogP contribution in [-0.2, 0) is 4.79 Å². The second kappa shape index (κ2) is 44.9. The molecule has 0 aliphatic carbocycles. The number of hydrogen-bond donors (Lipinski definition) is 5. The van der Waals surface area contributed by atoms with Gasteiger partial charge in [0, 0.05) is 0 Å². The van der Waals surface area contributed by atoms with E-state index in [4.69, 9.17) is 0 Å². The lowest BCUT2D eigenvalue weighted by molar-refractivity contribution is -0.132. The highest BCUT2D eigenvalue weighted by Crippen LogP contribution is 2.17. The van der Waals surface area contributed by atoms with Gasteiger partial charge in [-0.1, -0.05) is 237 Å². The number of hydrogen-bond acceptors (Lipinski definition) is 5. The van der Waals surface area contributed by atoms with E-state index in [-0.39, 0.29) is 0 Å². The van der Waals surface area contributed by atoms with Gasteiger partial charge in [-0.15, -0.1) is 0 Å². The fraction of sp³-hybridized carbons (Fsp3) is 0.900. The van der Waals surface area contributed by atoms with Crippen molar-refractivity contribution in [2.24, 2.45) is 0 Å². The Morgan fingerprint density at radius 2 is 0.768 bits per heavy atom. The Labute approximate surface area is 348 Å². The topological polar surface area (TPSA) is 110 Å². The van der Waals surface area contributed by atoms with E-state index in [1.165, 1.54) is 186 Å². The Balaban J connectivity index is 3.66. The van der Waals surface area contributed by atoms with Crippen molar-refractivity contribution >= 4 is 5.91 Å². The molecule has 0 rings (SSSR count). The van der Waals surface area contributed by atoms with Crippen LogP contribution in [0.5, 0.6) is 0 Å². The summed E-state index contributed by atoms with van der Waals surface area (Å²) in [7, 11) is 0. The average Bonchev–Trinajstić information content (AvgIpc) is 3.20. The molecule has 0 bridgehead atoms. The van der Waals surface area contributed by atoms with Crippen LogP contribution in [-0.4, -0.2) is 57.3 Å². The van der Waals surface area contributed by atoms with E-state index >= 15 is 0 Å². The number of aliphatic hydroxyl groups is 4. The van der Waals surface area contributed by atoms with Crippen molar-refractivity contribution in [3.63, 3.8) is 0 Å². The number of carbonyl (C=O) groups excluding carboxylic acids is 1. The zero-order valence-corrected chi connectivity index (χ0v) is 37.4. The first-order valence-corrected chi connectivity index (χ1v) is 24.7. The molecular formula is C50H97NO5. The van der Waals surface area contributed by atoms with Crippen LogP contribution in [0.4, 0.5) is 0 Å². The van der Waals surface area contributed by atoms with Gasteiger partial charge >= 0.3 is 0 Å². The van der Waals surface area contributed by atoms with Gasteiger partial charge in [0.25, 0.3) is 0 Å². The summed E-state index contributed by atoms with van der Waals surface area (Å²) in [5.74, 6) is -0.585. The molecule has 4 atom stereocenters. The molecule has 0 saturated heterocycles. The van der Waals surface area contributed by atoms with Gasteiger partial charge in [-0.25, -0.2) is 0 Å². The Morgan fingerprint density at radius 3 is 1.12 bits per heavy atom. The van der Waals surface area contributed by atoms with Crippen LogP contribution in [0.15, 0.2) is 24.3 Å². The molecule has 6 heteroatoms. The summed E-state index contributed by atoms with van der Waals surface area (Å²) in [6.07, 6.45) is 52.2. The molecule has 4 unspecified atom stereocenters. The fourth-order valence-electron chi connectivity index (χ4n) is 7.73. The molecular weight excluding hydrogens is 695 g/mol. The standard InChI is InChI=1S/C50H97NO5/c1-3-5-7-9-11-13-15-17-19-20-21-22-23-24-25-26-27-28-29-30-32-34-36-38-40-42-44-48(54)50(56)51-46(45-52)49(55)47(53)43-41-39-37-35-33-31-18-16-14-12-10-8-6-4-2/h21-22,24-25,46-49,52-55H,3-20,23,26-45H2,1-2H3,(H,51,56)/b22-21-,25-24-. The van der Waals surface area contributed by atoms with Crippen LogP contribution in [0.2, 0.25) is 0 Å². The number of aliphatic hydroxyl groups excluding tert-OH is 4. The first-order valence-electron chi connectivity index (χ1n) is 24.7. The second-order valence-electron chi connectivity index (χ2n) is 17.2. The molecule has 0 aromatic carbocycles. The summed E-state index contributed by atoms with van der Waals surface area (Å²) in [4.78, 5) is 12.5. The quantitative estimate of drug-likeness (QED) is 0.0312. The maximum absolute atomic E-state index is 12.5. The monoisotopic (exact) mass is 792 g/mol. The summed E-state index contributed by atoms with van der Waals surface area (Å²) in [6, 6.07) is -0.985. The van der Waals surface area contributed by atoms with Gasteiger partial charge in [-0.05, 0) is 44.9 Å². The highest BCUT2D eigenvalue weighted by Gasteiger charge is 2.28. The van der Waals surface area contributed by atoms with Crippen molar-refractivity contribution in [3.8, 4) is 0 Å². The average molecular weight is 792 g/mol. The highest BCUT2D eigenvalue weighted by atomic mass is 16.3. The van der Waals surface area contributed by atoms with Crippen LogP contribution >= 0.6 is 0 Å². The number of amides is 1. The smallest absolute Gasteiger partial charge is 0.249 e. The number of unbranched alkanes of at least 4 members (excludes halogenated alkanes) is 32. The molecule has 0 heterocycles. The van der Waals surface area contributed by atoms with Crippen molar-refractivity contribution in [2.45, 2.75) is 282 Å². The third kappa shape index (κ3) is 38.3. The van der Waals surface area contributed by atoms with Crippen molar-refractivity contribution in [1.82, 2.24) is 5.32 Å². The maximum atomic E-state index is 12.5. The van der Waals surface area contributed by atoms with Crippen LogP contribution in [0.1, 0.15) is 258 Å². The zero-order chi connectivity index (χ0) is 41.0. The fourth-order valence-corrected chi connectivity index (χ4v) is 7.73. The molecule has 0 aromatic rings. The van der Waals surface area contributed by atoms with E-state index in [0.29, 0.717) is 12.8 Å². The minimum absolute atomic E-state index is 0.367. The molecule has 0 fully saturated rings. The van der Waals surface area contributed by atoms with Gasteiger partial charge in [0.2, 0.25) is 5.91 Å². The third-order valence-corrected chi connectivity index (χ3v) is 11.7. The first kappa shape index (κ1) is 54.8. The molecule has 332 valence electrons. The number of carbonyl (C=O) groups is 1. The van der Waals surface area contributed by atoms with Crippen molar-refractivity contribution in [3.05, 3.63) is 24.3 Å². The van der Waals surface area contributed by atoms with Gasteiger partial charge in [-0.2, -0.15) is 0 Å². The second-order valence-corrected chi connectivity index (χ2v) is 17.2. The largest absolute Gasteiger partial charge is 0.394 e. The lowest BCUT2D eigenvalue weighted by atomic mass is 9.99. The molecule has 6 nitrogen and oxygen atoms in total. The summed E-state index contributed by atoms with van der Waals surface area (Å²) < 4.78 is 0. The third-order valence-electron chi connectivity index (χ3n) is 11.7. The zero-order valence-electron chi connectivity index (χ0n) is 37.4. The van der Waals surface area contributed by atoms with Crippen LogP contribution in [0.3, 0.4) is 0 Å². The van der Waals surface area contributed by atoms with E-state index in [0.717, 1.165) is 44.9 Å². The SMILES string of the molecule is CCCCCCCCCCC/C=C\C/C=C\CCCCCCCCCCCCC(O)C(=O)NC(CO)C(O)C(O)CCCCCCCCCCCCCCCC. The van der Waals surface area contributed by atoms with Crippen LogP contribution < -0.4 is 5.32 Å². The molecule has 0 spiro atoms. The summed E-state index contributed by atoms with van der Waals surface area (Å²) in [6.45, 7) is 4.06. The molecule has 0 saturated carbocycles. The van der Waals surface area contributed by atoms with E-state index in [9.17, 15) is 25.2 Å². The predicted molar refractivity (Wildman–Crippen MR) is 242 cm³/mol.